The van der Waals surface area contributed by atoms with E-state index in [1.165, 1.54) is 17.0 Å². The van der Waals surface area contributed by atoms with Gasteiger partial charge >= 0.3 is 0 Å². The smallest absolute Gasteiger partial charge is 0.262 e. The third-order valence-corrected chi connectivity index (χ3v) is 5.64. The van der Waals surface area contributed by atoms with Gasteiger partial charge in [-0.05, 0) is 50.1 Å². The lowest BCUT2D eigenvalue weighted by molar-refractivity contribution is 0.0828. The summed E-state index contributed by atoms with van der Waals surface area (Å²) in [6, 6.07) is 8.13. The number of benzene rings is 2. The molecule has 25 heavy (non-hydrogen) atoms. The first-order valence-electron chi connectivity index (χ1n) is 7.65. The Morgan fingerprint density at radius 1 is 1.04 bits per heavy atom. The summed E-state index contributed by atoms with van der Waals surface area (Å²) in [7, 11) is -0.668. The van der Waals surface area contributed by atoms with Crippen LogP contribution in [0.1, 0.15) is 27.0 Å². The maximum atomic E-state index is 12.9. The Bertz CT molecular complexity index is 914. The maximum absolute atomic E-state index is 12.9. The molecule has 1 N–H and O–H groups in total. The van der Waals surface area contributed by atoms with Crippen LogP contribution in [0.2, 0.25) is 5.02 Å². The summed E-state index contributed by atoms with van der Waals surface area (Å²) in [5.41, 5.74) is 2.67. The second-order valence-electron chi connectivity index (χ2n) is 6.22. The van der Waals surface area contributed by atoms with Gasteiger partial charge in [-0.15, -0.1) is 0 Å². The van der Waals surface area contributed by atoms with Gasteiger partial charge in [0.15, 0.2) is 0 Å². The summed E-state index contributed by atoms with van der Waals surface area (Å²) >= 11 is 6.00. The monoisotopic (exact) mass is 380 g/mol. The van der Waals surface area contributed by atoms with Gasteiger partial charge in [-0.25, -0.2) is 8.42 Å². The SMILES string of the molecule is Cc1cc(C)c(S(=O)(=O)Nc2cc(Cl)ccc2C(=O)N(C)C)c(C)c1. The van der Waals surface area contributed by atoms with Crippen molar-refractivity contribution < 1.29 is 13.2 Å². The van der Waals surface area contributed by atoms with Crippen molar-refractivity contribution >= 4 is 33.2 Å². The van der Waals surface area contributed by atoms with Crippen molar-refractivity contribution in [1.29, 1.82) is 0 Å². The van der Waals surface area contributed by atoms with Crippen LogP contribution in [0.5, 0.6) is 0 Å². The molecule has 7 heteroatoms. The molecule has 2 rings (SSSR count). The van der Waals surface area contributed by atoms with Crippen LogP contribution >= 0.6 is 11.6 Å². The molecule has 0 unspecified atom stereocenters. The van der Waals surface area contributed by atoms with Crippen LogP contribution in [0.15, 0.2) is 35.2 Å². The molecule has 0 atom stereocenters. The number of sulfonamides is 1. The molecule has 0 aliphatic rings. The molecule has 0 heterocycles. The maximum Gasteiger partial charge on any atom is 0.262 e. The van der Waals surface area contributed by atoms with E-state index in [0.717, 1.165) is 5.56 Å². The highest BCUT2D eigenvalue weighted by molar-refractivity contribution is 7.92. The number of hydrogen-bond acceptors (Lipinski definition) is 3. The number of rotatable bonds is 4. The highest BCUT2D eigenvalue weighted by atomic mass is 35.5. The minimum atomic E-state index is -3.87. The number of hydrogen-bond donors (Lipinski definition) is 1. The molecule has 0 aromatic heterocycles. The fourth-order valence-electron chi connectivity index (χ4n) is 2.81. The van der Waals surface area contributed by atoms with Crippen molar-refractivity contribution in [2.75, 3.05) is 18.8 Å². The van der Waals surface area contributed by atoms with Crippen molar-refractivity contribution in [3.05, 3.63) is 57.6 Å². The van der Waals surface area contributed by atoms with Gasteiger partial charge in [0.25, 0.3) is 15.9 Å². The standard InChI is InChI=1S/C18H21ClN2O3S/c1-11-8-12(2)17(13(3)9-11)25(23,24)20-16-10-14(19)6-7-15(16)18(22)21(4)5/h6-10,20H,1-5H3. The van der Waals surface area contributed by atoms with E-state index in [0.29, 0.717) is 16.1 Å². The third kappa shape index (κ3) is 4.14. The summed E-state index contributed by atoms with van der Waals surface area (Å²) in [6.45, 7) is 5.41. The largest absolute Gasteiger partial charge is 0.345 e. The van der Waals surface area contributed by atoms with E-state index in [1.54, 1.807) is 34.0 Å². The molecule has 0 radical (unpaired) electrons. The molecule has 0 aliphatic carbocycles. The van der Waals surface area contributed by atoms with Crippen molar-refractivity contribution in [2.24, 2.45) is 0 Å². The Hall–Kier alpha value is -2.05. The normalized spacial score (nSPS) is 11.3. The lowest BCUT2D eigenvalue weighted by Gasteiger charge is -2.18. The van der Waals surface area contributed by atoms with Crippen LogP contribution in [0.25, 0.3) is 0 Å². The van der Waals surface area contributed by atoms with Gasteiger partial charge in [0.1, 0.15) is 0 Å². The summed E-state index contributed by atoms with van der Waals surface area (Å²) in [4.78, 5) is 13.9. The van der Waals surface area contributed by atoms with E-state index in [4.69, 9.17) is 11.6 Å². The van der Waals surface area contributed by atoms with E-state index < -0.39 is 10.0 Å². The molecule has 0 aliphatic heterocycles. The number of halogens is 1. The van der Waals surface area contributed by atoms with Crippen molar-refractivity contribution in [3.8, 4) is 0 Å². The number of carbonyl (C=O) groups excluding carboxylic acids is 1. The Morgan fingerprint density at radius 3 is 2.12 bits per heavy atom. The molecule has 0 fully saturated rings. The lowest BCUT2D eigenvalue weighted by Crippen LogP contribution is -2.24. The molecule has 0 spiro atoms. The minimum Gasteiger partial charge on any atom is -0.345 e. The van der Waals surface area contributed by atoms with Gasteiger partial charge in [0, 0.05) is 19.1 Å². The van der Waals surface area contributed by atoms with Gasteiger partial charge in [-0.1, -0.05) is 29.3 Å². The Labute approximate surface area is 153 Å². The molecule has 134 valence electrons. The highest BCUT2D eigenvalue weighted by Gasteiger charge is 2.23. The van der Waals surface area contributed by atoms with Crippen molar-refractivity contribution in [2.45, 2.75) is 25.7 Å². The van der Waals surface area contributed by atoms with E-state index in [-0.39, 0.29) is 22.1 Å². The average molecular weight is 381 g/mol. The summed E-state index contributed by atoms with van der Waals surface area (Å²) < 4.78 is 28.4. The van der Waals surface area contributed by atoms with Gasteiger partial charge < -0.3 is 4.90 Å². The first kappa shape index (κ1) is 19.3. The van der Waals surface area contributed by atoms with Gasteiger partial charge in [0.2, 0.25) is 0 Å². The molecule has 2 aromatic carbocycles. The molecule has 1 amide bonds. The van der Waals surface area contributed by atoms with E-state index in [9.17, 15) is 13.2 Å². The number of anilines is 1. The fourth-order valence-corrected chi connectivity index (χ4v) is 4.51. The van der Waals surface area contributed by atoms with Crippen molar-refractivity contribution in [1.82, 2.24) is 4.90 Å². The van der Waals surface area contributed by atoms with Gasteiger partial charge in [-0.3, -0.25) is 9.52 Å². The summed E-state index contributed by atoms with van der Waals surface area (Å²) in [5.74, 6) is -0.313. The molecular formula is C18H21ClN2O3S. The Balaban J connectivity index is 2.56. The van der Waals surface area contributed by atoms with E-state index >= 15 is 0 Å². The quantitative estimate of drug-likeness (QED) is 0.877. The number of nitrogens with one attached hydrogen (secondary N) is 1. The van der Waals surface area contributed by atoms with Gasteiger partial charge in [-0.2, -0.15) is 0 Å². The topological polar surface area (TPSA) is 66.5 Å². The lowest BCUT2D eigenvalue weighted by atomic mass is 10.1. The fraction of sp³-hybridized carbons (Fsp3) is 0.278. The van der Waals surface area contributed by atoms with Crippen LogP contribution in [-0.4, -0.2) is 33.3 Å². The third-order valence-electron chi connectivity index (χ3n) is 3.74. The second-order valence-corrected chi connectivity index (χ2v) is 8.28. The highest BCUT2D eigenvalue weighted by Crippen LogP contribution is 2.28. The first-order valence-corrected chi connectivity index (χ1v) is 9.51. The van der Waals surface area contributed by atoms with Crippen LogP contribution in [0.3, 0.4) is 0 Å². The van der Waals surface area contributed by atoms with Crippen LogP contribution in [0, 0.1) is 20.8 Å². The second kappa shape index (κ2) is 7.06. The summed E-state index contributed by atoms with van der Waals surface area (Å²) in [5, 5.41) is 0.338. The Morgan fingerprint density at radius 2 is 1.60 bits per heavy atom. The molecule has 0 bridgehead atoms. The van der Waals surface area contributed by atoms with E-state index in [2.05, 4.69) is 4.72 Å². The number of aryl methyl sites for hydroxylation is 3. The predicted octanol–water partition coefficient (Wildman–Crippen LogP) is 3.77. The number of carbonyl (C=O) groups is 1. The molecule has 2 aromatic rings. The average Bonchev–Trinajstić information content (AvgIpc) is 2.44. The zero-order chi connectivity index (χ0) is 18.9. The van der Waals surface area contributed by atoms with Crippen LogP contribution in [0.4, 0.5) is 5.69 Å². The molecule has 0 saturated heterocycles. The molecular weight excluding hydrogens is 360 g/mol. The first-order chi connectivity index (χ1) is 11.5. The zero-order valence-corrected chi connectivity index (χ0v) is 16.4. The summed E-state index contributed by atoms with van der Waals surface area (Å²) in [6.07, 6.45) is 0. The molecule has 5 nitrogen and oxygen atoms in total. The zero-order valence-electron chi connectivity index (χ0n) is 14.8. The van der Waals surface area contributed by atoms with Gasteiger partial charge in [0.05, 0.1) is 16.1 Å². The predicted molar refractivity (Wildman–Crippen MR) is 101 cm³/mol. The molecule has 0 saturated carbocycles. The van der Waals surface area contributed by atoms with Crippen LogP contribution in [-0.2, 0) is 10.0 Å². The van der Waals surface area contributed by atoms with Crippen LogP contribution < -0.4 is 4.72 Å². The number of amides is 1. The van der Waals surface area contributed by atoms with Crippen molar-refractivity contribution in [3.63, 3.8) is 0 Å². The Kier molecular flexibility index (Phi) is 5.44. The minimum absolute atomic E-state index is 0.158. The number of nitrogens with zero attached hydrogens (tertiary/aromatic N) is 1. The van der Waals surface area contributed by atoms with E-state index in [1.807, 2.05) is 19.1 Å².